The standard InChI is InChI=1S/C8H5IN2O2/c9-4-1-5-7(6(12)2-4)10-3-11-8(5)13/h1-3,12H,(H,10,11,13). The minimum atomic E-state index is -0.237. The van der Waals surface area contributed by atoms with Gasteiger partial charge in [-0.05, 0) is 34.7 Å². The minimum Gasteiger partial charge on any atom is -0.506 e. The second-order valence-corrected chi connectivity index (χ2v) is 3.80. The van der Waals surface area contributed by atoms with Gasteiger partial charge in [0, 0.05) is 3.57 Å². The molecule has 13 heavy (non-hydrogen) atoms. The zero-order valence-electron chi connectivity index (χ0n) is 6.41. The van der Waals surface area contributed by atoms with Gasteiger partial charge < -0.3 is 10.1 Å². The fourth-order valence-corrected chi connectivity index (χ4v) is 1.73. The molecule has 0 fully saturated rings. The van der Waals surface area contributed by atoms with Crippen LogP contribution in [0.1, 0.15) is 0 Å². The summed E-state index contributed by atoms with van der Waals surface area (Å²) >= 11 is 2.03. The molecule has 5 heteroatoms. The van der Waals surface area contributed by atoms with Crippen molar-refractivity contribution in [3.63, 3.8) is 0 Å². The number of hydrogen-bond donors (Lipinski definition) is 2. The molecule has 1 aromatic carbocycles. The predicted molar refractivity (Wildman–Crippen MR) is 56.7 cm³/mol. The van der Waals surface area contributed by atoms with Crippen LogP contribution in [0.25, 0.3) is 10.9 Å². The van der Waals surface area contributed by atoms with Crippen LogP contribution in [0.3, 0.4) is 0 Å². The maximum Gasteiger partial charge on any atom is 0.258 e. The first kappa shape index (κ1) is 8.49. The summed E-state index contributed by atoms with van der Waals surface area (Å²) in [6, 6.07) is 3.25. The fourth-order valence-electron chi connectivity index (χ4n) is 1.13. The normalized spacial score (nSPS) is 10.5. The smallest absolute Gasteiger partial charge is 0.258 e. The van der Waals surface area contributed by atoms with Crippen LogP contribution in [0.5, 0.6) is 5.75 Å². The fraction of sp³-hybridized carbons (Fsp3) is 0. The highest BCUT2D eigenvalue weighted by molar-refractivity contribution is 14.1. The Morgan fingerprint density at radius 1 is 1.46 bits per heavy atom. The number of aromatic nitrogens is 2. The molecule has 0 unspecified atom stereocenters. The molecular formula is C8H5IN2O2. The minimum absolute atomic E-state index is 0.0352. The van der Waals surface area contributed by atoms with Crippen molar-refractivity contribution in [1.29, 1.82) is 0 Å². The van der Waals surface area contributed by atoms with Crippen molar-refractivity contribution in [3.05, 3.63) is 32.4 Å². The first-order valence-electron chi connectivity index (χ1n) is 3.54. The number of hydrogen-bond acceptors (Lipinski definition) is 3. The number of fused-ring (bicyclic) bond motifs is 1. The van der Waals surface area contributed by atoms with E-state index in [1.165, 1.54) is 6.33 Å². The second-order valence-electron chi connectivity index (χ2n) is 2.55. The summed E-state index contributed by atoms with van der Waals surface area (Å²) in [5, 5.41) is 9.87. The Kier molecular flexibility index (Phi) is 1.95. The lowest BCUT2D eigenvalue weighted by molar-refractivity contribution is 0.480. The third kappa shape index (κ3) is 1.39. The molecule has 2 N–H and O–H groups in total. The molecule has 2 aromatic rings. The highest BCUT2D eigenvalue weighted by Gasteiger charge is 2.05. The van der Waals surface area contributed by atoms with E-state index in [9.17, 15) is 9.90 Å². The van der Waals surface area contributed by atoms with E-state index in [-0.39, 0.29) is 11.3 Å². The van der Waals surface area contributed by atoms with Crippen LogP contribution >= 0.6 is 22.6 Å². The number of nitrogens with one attached hydrogen (secondary N) is 1. The van der Waals surface area contributed by atoms with E-state index in [0.717, 1.165) is 3.57 Å². The molecule has 0 amide bonds. The zero-order chi connectivity index (χ0) is 9.42. The summed E-state index contributed by atoms with van der Waals surface area (Å²) in [4.78, 5) is 17.6. The number of phenols is 1. The van der Waals surface area contributed by atoms with Crippen molar-refractivity contribution < 1.29 is 5.11 Å². The van der Waals surface area contributed by atoms with Crippen molar-refractivity contribution in [2.24, 2.45) is 0 Å². The number of aromatic hydroxyl groups is 1. The lowest BCUT2D eigenvalue weighted by atomic mass is 10.2. The SMILES string of the molecule is O=c1[nH]cnc2c(O)cc(I)cc12. The third-order valence-electron chi connectivity index (χ3n) is 1.69. The van der Waals surface area contributed by atoms with Crippen LogP contribution in [-0.2, 0) is 0 Å². The van der Waals surface area contributed by atoms with Crippen molar-refractivity contribution >= 4 is 33.5 Å². The summed E-state index contributed by atoms with van der Waals surface area (Å²) in [7, 11) is 0. The number of H-pyrrole nitrogens is 1. The van der Waals surface area contributed by atoms with Gasteiger partial charge >= 0.3 is 0 Å². The molecule has 0 atom stereocenters. The van der Waals surface area contributed by atoms with Gasteiger partial charge in [-0.25, -0.2) is 4.98 Å². The van der Waals surface area contributed by atoms with Gasteiger partial charge in [0.25, 0.3) is 5.56 Å². The molecule has 0 saturated heterocycles. The third-order valence-corrected chi connectivity index (χ3v) is 2.31. The van der Waals surface area contributed by atoms with E-state index in [1.54, 1.807) is 12.1 Å². The van der Waals surface area contributed by atoms with Gasteiger partial charge in [0.15, 0.2) is 0 Å². The van der Waals surface area contributed by atoms with Gasteiger partial charge in [0.05, 0.1) is 11.7 Å². The van der Waals surface area contributed by atoms with Gasteiger partial charge in [-0.3, -0.25) is 4.79 Å². The predicted octanol–water partition coefficient (Wildman–Crippen LogP) is 1.23. The molecule has 0 spiro atoms. The molecule has 4 nitrogen and oxygen atoms in total. The lowest BCUT2D eigenvalue weighted by Gasteiger charge is -1.98. The lowest BCUT2D eigenvalue weighted by Crippen LogP contribution is -2.06. The Bertz CT molecular complexity index is 521. The first-order chi connectivity index (χ1) is 6.18. The van der Waals surface area contributed by atoms with Gasteiger partial charge in [-0.15, -0.1) is 0 Å². The second kappa shape index (κ2) is 2.99. The van der Waals surface area contributed by atoms with E-state index >= 15 is 0 Å². The summed E-state index contributed by atoms with van der Waals surface area (Å²) < 4.78 is 0.807. The summed E-state index contributed by atoms with van der Waals surface area (Å²) in [5.41, 5.74) is 0.1000. The van der Waals surface area contributed by atoms with Crippen LogP contribution in [-0.4, -0.2) is 15.1 Å². The first-order valence-corrected chi connectivity index (χ1v) is 4.62. The highest BCUT2D eigenvalue weighted by Crippen LogP contribution is 2.22. The van der Waals surface area contributed by atoms with E-state index < -0.39 is 0 Å². The number of phenolic OH excluding ortho intramolecular Hbond substituents is 1. The summed E-state index contributed by atoms with van der Waals surface area (Å²) in [5.74, 6) is 0.0352. The summed E-state index contributed by atoms with van der Waals surface area (Å²) in [6.07, 6.45) is 1.28. The molecule has 2 rings (SSSR count). The summed E-state index contributed by atoms with van der Waals surface area (Å²) in [6.45, 7) is 0. The Hall–Kier alpha value is -1.11. The molecule has 0 saturated carbocycles. The molecule has 1 aromatic heterocycles. The Balaban J connectivity index is 3.03. The van der Waals surface area contributed by atoms with E-state index in [0.29, 0.717) is 10.9 Å². The van der Waals surface area contributed by atoms with E-state index in [1.807, 2.05) is 22.6 Å². The number of benzene rings is 1. The molecular weight excluding hydrogens is 283 g/mol. The zero-order valence-corrected chi connectivity index (χ0v) is 8.57. The van der Waals surface area contributed by atoms with Crippen molar-refractivity contribution in [1.82, 2.24) is 9.97 Å². The van der Waals surface area contributed by atoms with E-state index in [4.69, 9.17) is 0 Å². The average molecular weight is 288 g/mol. The van der Waals surface area contributed by atoms with Gasteiger partial charge in [0.2, 0.25) is 0 Å². The molecule has 0 bridgehead atoms. The van der Waals surface area contributed by atoms with Crippen LogP contribution in [0.2, 0.25) is 0 Å². The van der Waals surface area contributed by atoms with Crippen molar-refractivity contribution in [2.75, 3.05) is 0 Å². The Labute approximate surface area is 86.8 Å². The molecule has 0 aliphatic carbocycles. The van der Waals surface area contributed by atoms with Gasteiger partial charge in [-0.1, -0.05) is 0 Å². The van der Waals surface area contributed by atoms with Gasteiger partial charge in [0.1, 0.15) is 11.3 Å². The molecule has 0 aliphatic rings. The topological polar surface area (TPSA) is 66.0 Å². The number of halogens is 1. The number of nitrogens with zero attached hydrogens (tertiary/aromatic N) is 1. The van der Waals surface area contributed by atoms with Crippen LogP contribution in [0.4, 0.5) is 0 Å². The Morgan fingerprint density at radius 3 is 3.00 bits per heavy atom. The maximum atomic E-state index is 11.3. The largest absolute Gasteiger partial charge is 0.506 e. The monoisotopic (exact) mass is 288 g/mol. The van der Waals surface area contributed by atoms with Crippen LogP contribution < -0.4 is 5.56 Å². The molecule has 66 valence electrons. The quantitative estimate of drug-likeness (QED) is 0.717. The molecule has 0 aliphatic heterocycles. The van der Waals surface area contributed by atoms with Crippen molar-refractivity contribution in [3.8, 4) is 5.75 Å². The number of rotatable bonds is 0. The van der Waals surface area contributed by atoms with E-state index in [2.05, 4.69) is 9.97 Å². The van der Waals surface area contributed by atoms with Gasteiger partial charge in [-0.2, -0.15) is 0 Å². The Morgan fingerprint density at radius 2 is 2.23 bits per heavy atom. The van der Waals surface area contributed by atoms with Crippen molar-refractivity contribution in [2.45, 2.75) is 0 Å². The number of aromatic amines is 1. The average Bonchev–Trinajstić information content (AvgIpc) is 2.07. The van der Waals surface area contributed by atoms with Crippen LogP contribution in [0, 0.1) is 3.57 Å². The highest BCUT2D eigenvalue weighted by atomic mass is 127. The van der Waals surface area contributed by atoms with Crippen LogP contribution in [0.15, 0.2) is 23.3 Å². The maximum absolute atomic E-state index is 11.3. The molecule has 0 radical (unpaired) electrons. The molecule has 1 heterocycles.